The van der Waals surface area contributed by atoms with Crippen molar-refractivity contribution >= 4 is 5.91 Å². The number of amides is 1. The molecule has 0 unspecified atom stereocenters. The van der Waals surface area contributed by atoms with Crippen molar-refractivity contribution in [2.75, 3.05) is 0 Å². The second-order valence-electron chi connectivity index (χ2n) is 5.32. The van der Waals surface area contributed by atoms with E-state index in [2.05, 4.69) is 15.3 Å². The number of nitrogens with one attached hydrogen (secondary N) is 1. The summed E-state index contributed by atoms with van der Waals surface area (Å²) in [7, 11) is 0. The van der Waals surface area contributed by atoms with Crippen LogP contribution in [0.15, 0.2) is 67.1 Å². The first-order chi connectivity index (χ1) is 11.7. The Morgan fingerprint density at radius 3 is 2.62 bits per heavy atom. The Kier molecular flexibility index (Phi) is 4.81. The van der Waals surface area contributed by atoms with E-state index in [1.54, 1.807) is 42.9 Å². The summed E-state index contributed by atoms with van der Waals surface area (Å²) in [5.74, 6) is 0.554. The Bertz CT molecular complexity index is 818. The zero-order chi connectivity index (χ0) is 16.8. The monoisotopic (exact) mass is 319 g/mol. The summed E-state index contributed by atoms with van der Waals surface area (Å²) >= 11 is 0. The molecule has 0 saturated carbocycles. The maximum atomic E-state index is 12.4. The minimum absolute atomic E-state index is 0.234. The second-order valence-corrected chi connectivity index (χ2v) is 5.32. The number of hydrogen-bond acceptors (Lipinski definition) is 4. The van der Waals surface area contributed by atoms with E-state index in [4.69, 9.17) is 4.74 Å². The molecule has 0 bridgehead atoms. The Morgan fingerprint density at radius 1 is 1.08 bits per heavy atom. The molecule has 24 heavy (non-hydrogen) atoms. The molecule has 3 aromatic rings. The van der Waals surface area contributed by atoms with Gasteiger partial charge in [0, 0.05) is 18.9 Å². The first-order valence-corrected chi connectivity index (χ1v) is 7.59. The average molecular weight is 319 g/mol. The molecular weight excluding hydrogens is 302 g/mol. The first-order valence-electron chi connectivity index (χ1n) is 7.59. The van der Waals surface area contributed by atoms with E-state index in [-0.39, 0.29) is 11.8 Å². The molecule has 120 valence electrons. The summed E-state index contributed by atoms with van der Waals surface area (Å²) < 4.78 is 5.66. The molecule has 1 N–H and O–H groups in total. The van der Waals surface area contributed by atoms with Gasteiger partial charge in [-0.2, -0.15) is 0 Å². The van der Waals surface area contributed by atoms with Crippen molar-refractivity contribution in [3.05, 3.63) is 83.8 Å². The van der Waals surface area contributed by atoms with Crippen molar-refractivity contribution in [3.8, 4) is 11.6 Å². The van der Waals surface area contributed by atoms with Crippen LogP contribution in [0.5, 0.6) is 11.6 Å². The van der Waals surface area contributed by atoms with Gasteiger partial charge in [0.15, 0.2) is 0 Å². The Labute approximate surface area is 140 Å². The predicted octanol–water partition coefficient (Wildman–Crippen LogP) is 3.51. The van der Waals surface area contributed by atoms with Gasteiger partial charge in [0.05, 0.1) is 6.20 Å². The van der Waals surface area contributed by atoms with E-state index >= 15 is 0 Å². The van der Waals surface area contributed by atoms with Crippen LogP contribution in [-0.2, 0) is 6.54 Å². The molecular formula is C19H17N3O2. The van der Waals surface area contributed by atoms with Crippen LogP contribution in [0.4, 0.5) is 0 Å². The summed E-state index contributed by atoms with van der Waals surface area (Å²) in [4.78, 5) is 20.6. The van der Waals surface area contributed by atoms with E-state index < -0.39 is 0 Å². The van der Waals surface area contributed by atoms with Gasteiger partial charge >= 0.3 is 0 Å². The summed E-state index contributed by atoms with van der Waals surface area (Å²) in [6.07, 6.45) is 4.81. The third kappa shape index (κ3) is 3.95. The predicted molar refractivity (Wildman–Crippen MR) is 90.9 cm³/mol. The molecule has 5 heteroatoms. The molecule has 0 radical (unpaired) electrons. The summed E-state index contributed by atoms with van der Waals surface area (Å²) in [6.45, 7) is 2.47. The normalized spacial score (nSPS) is 10.2. The van der Waals surface area contributed by atoms with Crippen LogP contribution in [0.1, 0.15) is 21.5 Å². The molecule has 0 fully saturated rings. The Morgan fingerprint density at radius 2 is 1.88 bits per heavy atom. The third-order valence-corrected chi connectivity index (χ3v) is 3.44. The van der Waals surface area contributed by atoms with Gasteiger partial charge in [0.25, 0.3) is 5.91 Å². The number of pyridine rings is 2. The van der Waals surface area contributed by atoms with Crippen LogP contribution in [0.25, 0.3) is 0 Å². The summed E-state index contributed by atoms with van der Waals surface area (Å²) in [6, 6.07) is 14.9. The molecule has 3 rings (SSSR count). The highest BCUT2D eigenvalue weighted by molar-refractivity contribution is 5.96. The number of rotatable bonds is 5. The maximum absolute atomic E-state index is 12.4. The van der Waals surface area contributed by atoms with Gasteiger partial charge < -0.3 is 10.1 Å². The molecule has 5 nitrogen and oxygen atoms in total. The van der Waals surface area contributed by atoms with Crippen LogP contribution < -0.4 is 10.1 Å². The Balaban J connectivity index is 1.71. The van der Waals surface area contributed by atoms with Gasteiger partial charge in [-0.05, 0) is 36.8 Å². The molecule has 0 aliphatic rings. The lowest BCUT2D eigenvalue weighted by Crippen LogP contribution is -2.23. The molecule has 0 aliphatic heterocycles. The third-order valence-electron chi connectivity index (χ3n) is 3.44. The van der Waals surface area contributed by atoms with Crippen molar-refractivity contribution < 1.29 is 9.53 Å². The van der Waals surface area contributed by atoms with Crippen molar-refractivity contribution in [2.24, 2.45) is 0 Å². The highest BCUT2D eigenvalue weighted by atomic mass is 16.5. The zero-order valence-corrected chi connectivity index (χ0v) is 13.3. The smallest absolute Gasteiger partial charge is 0.257 e. The van der Waals surface area contributed by atoms with Gasteiger partial charge in [-0.3, -0.25) is 9.78 Å². The number of hydrogen-bond donors (Lipinski definition) is 1. The van der Waals surface area contributed by atoms with Crippen molar-refractivity contribution in [3.63, 3.8) is 0 Å². The standard InChI is InChI=1S/C19H17N3O2/c1-14-6-8-15(9-7-14)12-22-18(23)17-5-3-11-21-19(17)24-16-4-2-10-20-13-16/h2-11,13H,12H2,1H3,(H,22,23). The molecule has 0 saturated heterocycles. The molecule has 2 aromatic heterocycles. The van der Waals surface area contributed by atoms with Crippen molar-refractivity contribution in [1.29, 1.82) is 0 Å². The number of benzene rings is 1. The van der Waals surface area contributed by atoms with Gasteiger partial charge in [-0.25, -0.2) is 4.98 Å². The number of carbonyl (C=O) groups excluding carboxylic acids is 1. The average Bonchev–Trinajstić information content (AvgIpc) is 2.62. The lowest BCUT2D eigenvalue weighted by Gasteiger charge is -2.10. The molecule has 0 atom stereocenters. The number of ether oxygens (including phenoxy) is 1. The van der Waals surface area contributed by atoms with Crippen molar-refractivity contribution in [2.45, 2.75) is 13.5 Å². The fraction of sp³-hybridized carbons (Fsp3) is 0.105. The highest BCUT2D eigenvalue weighted by Gasteiger charge is 2.14. The largest absolute Gasteiger partial charge is 0.437 e. The quantitative estimate of drug-likeness (QED) is 0.781. The Hall–Kier alpha value is -3.21. The van der Waals surface area contributed by atoms with E-state index in [1.165, 1.54) is 5.56 Å². The van der Waals surface area contributed by atoms with E-state index in [1.807, 2.05) is 31.2 Å². The second kappa shape index (κ2) is 7.37. The SMILES string of the molecule is Cc1ccc(CNC(=O)c2cccnc2Oc2cccnc2)cc1. The number of aryl methyl sites for hydroxylation is 1. The van der Waals surface area contributed by atoms with E-state index in [9.17, 15) is 4.79 Å². The van der Waals surface area contributed by atoms with Crippen LogP contribution >= 0.6 is 0 Å². The molecule has 1 amide bonds. The van der Waals surface area contributed by atoms with E-state index in [0.717, 1.165) is 5.56 Å². The van der Waals surface area contributed by atoms with Crippen LogP contribution in [0.3, 0.4) is 0 Å². The fourth-order valence-corrected chi connectivity index (χ4v) is 2.15. The number of carbonyl (C=O) groups is 1. The fourth-order valence-electron chi connectivity index (χ4n) is 2.15. The van der Waals surface area contributed by atoms with Gasteiger partial charge in [0.1, 0.15) is 11.3 Å². The molecule has 2 heterocycles. The topological polar surface area (TPSA) is 64.1 Å². The first kappa shape index (κ1) is 15.7. The maximum Gasteiger partial charge on any atom is 0.257 e. The molecule has 1 aromatic carbocycles. The van der Waals surface area contributed by atoms with Gasteiger partial charge in [0.2, 0.25) is 5.88 Å². The minimum atomic E-state index is -0.234. The molecule has 0 spiro atoms. The van der Waals surface area contributed by atoms with Gasteiger partial charge in [-0.1, -0.05) is 29.8 Å². The van der Waals surface area contributed by atoms with E-state index in [0.29, 0.717) is 17.9 Å². The van der Waals surface area contributed by atoms with Crippen molar-refractivity contribution in [1.82, 2.24) is 15.3 Å². The minimum Gasteiger partial charge on any atom is -0.437 e. The van der Waals surface area contributed by atoms with Crippen LogP contribution in [0.2, 0.25) is 0 Å². The lowest BCUT2D eigenvalue weighted by molar-refractivity contribution is 0.0948. The number of nitrogens with zero attached hydrogens (tertiary/aromatic N) is 2. The highest BCUT2D eigenvalue weighted by Crippen LogP contribution is 2.21. The van der Waals surface area contributed by atoms with Crippen LogP contribution in [0, 0.1) is 6.92 Å². The molecule has 0 aliphatic carbocycles. The zero-order valence-electron chi connectivity index (χ0n) is 13.3. The summed E-state index contributed by atoms with van der Waals surface area (Å²) in [5, 5.41) is 2.89. The van der Waals surface area contributed by atoms with Gasteiger partial charge in [-0.15, -0.1) is 0 Å². The van der Waals surface area contributed by atoms with Crippen LogP contribution in [-0.4, -0.2) is 15.9 Å². The number of aromatic nitrogens is 2. The summed E-state index contributed by atoms with van der Waals surface area (Å²) in [5.41, 5.74) is 2.60. The lowest BCUT2D eigenvalue weighted by atomic mass is 10.1.